The highest BCUT2D eigenvalue weighted by molar-refractivity contribution is 7.91. The number of carbonyl (C=O) groups excluding carboxylic acids is 1. The summed E-state index contributed by atoms with van der Waals surface area (Å²) in [7, 11) is -3.56. The third kappa shape index (κ3) is 4.72. The highest BCUT2D eigenvalue weighted by Gasteiger charge is 2.19. The topological polar surface area (TPSA) is 84.2 Å². The van der Waals surface area contributed by atoms with Crippen LogP contribution in [0.1, 0.15) is 23.6 Å². The number of benzene rings is 1. The fourth-order valence-electron chi connectivity index (χ4n) is 1.60. The van der Waals surface area contributed by atoms with Gasteiger partial charge in [-0.15, -0.1) is 0 Å². The van der Waals surface area contributed by atoms with Crippen molar-refractivity contribution in [1.82, 2.24) is 0 Å². The first kappa shape index (κ1) is 15.2. The summed E-state index contributed by atoms with van der Waals surface area (Å²) in [5, 5.41) is 8.73. The second-order valence-corrected chi connectivity index (χ2v) is 6.15. The maximum Gasteiger partial charge on any atom is 0.321 e. The summed E-state index contributed by atoms with van der Waals surface area (Å²) in [4.78, 5) is 11.2. The van der Waals surface area contributed by atoms with Crippen LogP contribution in [0.15, 0.2) is 18.2 Å². The van der Waals surface area contributed by atoms with Crippen LogP contribution in [0.3, 0.4) is 0 Å². The van der Waals surface area contributed by atoms with E-state index in [0.29, 0.717) is 16.7 Å². The van der Waals surface area contributed by atoms with Crippen LogP contribution in [0, 0.1) is 18.3 Å². The molecule has 1 aromatic carbocycles. The van der Waals surface area contributed by atoms with Gasteiger partial charge in [0.25, 0.3) is 0 Å². The second kappa shape index (κ2) is 6.34. The highest BCUT2D eigenvalue weighted by atomic mass is 32.2. The average molecular weight is 281 g/mol. The lowest BCUT2D eigenvalue weighted by Crippen LogP contribution is -2.20. The molecule has 1 aromatic rings. The minimum absolute atomic E-state index is 0.157. The maximum absolute atomic E-state index is 11.8. The monoisotopic (exact) mass is 281 g/mol. The molecule has 0 saturated carbocycles. The first-order chi connectivity index (χ1) is 8.88. The van der Waals surface area contributed by atoms with Gasteiger partial charge in [-0.3, -0.25) is 4.79 Å². The van der Waals surface area contributed by atoms with Crippen LogP contribution >= 0.6 is 0 Å². The van der Waals surface area contributed by atoms with E-state index in [1.165, 1.54) is 0 Å². The SMILES string of the molecule is CCOC(=O)CS(=O)(=O)Cc1ccc(C#N)cc1C. The predicted molar refractivity (Wildman–Crippen MR) is 70.0 cm³/mol. The van der Waals surface area contributed by atoms with Crippen molar-refractivity contribution in [3.63, 3.8) is 0 Å². The lowest BCUT2D eigenvalue weighted by Gasteiger charge is -2.07. The summed E-state index contributed by atoms with van der Waals surface area (Å²) in [6, 6.07) is 6.76. The van der Waals surface area contributed by atoms with Crippen molar-refractivity contribution >= 4 is 15.8 Å². The van der Waals surface area contributed by atoms with Gasteiger partial charge in [-0.2, -0.15) is 5.26 Å². The van der Waals surface area contributed by atoms with Gasteiger partial charge in [0.1, 0.15) is 5.75 Å². The number of aryl methyl sites for hydroxylation is 1. The zero-order chi connectivity index (χ0) is 14.5. The fourth-order valence-corrected chi connectivity index (χ4v) is 2.94. The molecule has 19 heavy (non-hydrogen) atoms. The van der Waals surface area contributed by atoms with Crippen LogP contribution in [0.4, 0.5) is 0 Å². The Bertz CT molecular complexity index is 614. The molecule has 0 amide bonds. The molecular formula is C13H15NO4S. The first-order valence-electron chi connectivity index (χ1n) is 5.73. The van der Waals surface area contributed by atoms with Gasteiger partial charge in [-0.05, 0) is 37.1 Å². The van der Waals surface area contributed by atoms with Crippen LogP contribution in [0.2, 0.25) is 0 Å². The van der Waals surface area contributed by atoms with Gasteiger partial charge in [0.2, 0.25) is 0 Å². The van der Waals surface area contributed by atoms with Crippen molar-refractivity contribution in [2.45, 2.75) is 19.6 Å². The van der Waals surface area contributed by atoms with Gasteiger partial charge in [-0.1, -0.05) is 6.07 Å². The number of ether oxygens (including phenoxy) is 1. The van der Waals surface area contributed by atoms with Gasteiger partial charge in [0, 0.05) is 0 Å². The Labute approximate surface area is 112 Å². The molecule has 0 radical (unpaired) electrons. The normalized spacial score (nSPS) is 10.8. The molecule has 0 saturated heterocycles. The number of carbonyl (C=O) groups is 1. The van der Waals surface area contributed by atoms with E-state index in [4.69, 9.17) is 5.26 Å². The van der Waals surface area contributed by atoms with Crippen molar-refractivity contribution in [1.29, 1.82) is 5.26 Å². The lowest BCUT2D eigenvalue weighted by atomic mass is 10.1. The number of nitriles is 1. The van der Waals surface area contributed by atoms with Crippen LogP contribution in [0.25, 0.3) is 0 Å². The fraction of sp³-hybridized carbons (Fsp3) is 0.385. The summed E-state index contributed by atoms with van der Waals surface area (Å²) in [6.07, 6.45) is 0. The maximum atomic E-state index is 11.8. The zero-order valence-electron chi connectivity index (χ0n) is 10.8. The van der Waals surface area contributed by atoms with Gasteiger partial charge >= 0.3 is 5.97 Å². The van der Waals surface area contributed by atoms with Gasteiger partial charge in [0.15, 0.2) is 9.84 Å². The third-order valence-electron chi connectivity index (χ3n) is 2.49. The molecule has 0 aromatic heterocycles. The Morgan fingerprint density at radius 3 is 2.63 bits per heavy atom. The standard InChI is InChI=1S/C13H15NO4S/c1-3-18-13(15)9-19(16,17)8-12-5-4-11(7-14)6-10(12)2/h4-6H,3,8-9H2,1-2H3. The molecule has 0 aliphatic heterocycles. The van der Waals surface area contributed by atoms with E-state index in [1.54, 1.807) is 32.0 Å². The number of rotatable bonds is 5. The van der Waals surface area contributed by atoms with Crippen molar-refractivity contribution < 1.29 is 17.9 Å². The Balaban J connectivity index is 2.84. The van der Waals surface area contributed by atoms with Crippen molar-refractivity contribution in [3.8, 4) is 6.07 Å². The molecule has 6 heteroatoms. The Hall–Kier alpha value is -1.87. The van der Waals surface area contributed by atoms with Crippen LogP contribution in [-0.2, 0) is 25.1 Å². The summed E-state index contributed by atoms with van der Waals surface area (Å²) >= 11 is 0. The molecule has 1 rings (SSSR count). The Morgan fingerprint density at radius 2 is 2.11 bits per heavy atom. The minimum atomic E-state index is -3.56. The average Bonchev–Trinajstić information content (AvgIpc) is 2.31. The molecule has 0 unspecified atom stereocenters. The van der Waals surface area contributed by atoms with Crippen molar-refractivity contribution in [2.24, 2.45) is 0 Å². The molecular weight excluding hydrogens is 266 g/mol. The molecule has 0 atom stereocenters. The number of sulfone groups is 1. The van der Waals surface area contributed by atoms with Crippen molar-refractivity contribution in [2.75, 3.05) is 12.4 Å². The molecule has 0 aliphatic rings. The molecule has 0 aliphatic carbocycles. The van der Waals surface area contributed by atoms with E-state index < -0.39 is 21.6 Å². The molecule has 102 valence electrons. The van der Waals surface area contributed by atoms with Crippen LogP contribution in [0.5, 0.6) is 0 Å². The van der Waals surface area contributed by atoms with Crippen LogP contribution in [-0.4, -0.2) is 26.7 Å². The van der Waals surface area contributed by atoms with Gasteiger partial charge in [-0.25, -0.2) is 8.42 Å². The molecule has 0 N–H and O–H groups in total. The highest BCUT2D eigenvalue weighted by Crippen LogP contribution is 2.14. The summed E-state index contributed by atoms with van der Waals surface area (Å²) in [6.45, 7) is 3.51. The third-order valence-corrected chi connectivity index (χ3v) is 3.92. The van der Waals surface area contributed by atoms with E-state index in [-0.39, 0.29) is 12.4 Å². The summed E-state index contributed by atoms with van der Waals surface area (Å²) in [5.41, 5.74) is 1.78. The molecule has 0 spiro atoms. The number of esters is 1. The van der Waals surface area contributed by atoms with Crippen LogP contribution < -0.4 is 0 Å². The largest absolute Gasteiger partial charge is 0.465 e. The summed E-state index contributed by atoms with van der Waals surface area (Å²) in [5.74, 6) is -1.60. The minimum Gasteiger partial charge on any atom is -0.465 e. The smallest absolute Gasteiger partial charge is 0.321 e. The van der Waals surface area contributed by atoms with Gasteiger partial charge < -0.3 is 4.74 Å². The van der Waals surface area contributed by atoms with E-state index >= 15 is 0 Å². The van der Waals surface area contributed by atoms with Crippen molar-refractivity contribution in [3.05, 3.63) is 34.9 Å². The first-order valence-corrected chi connectivity index (χ1v) is 7.55. The zero-order valence-corrected chi connectivity index (χ0v) is 11.7. The summed E-state index contributed by atoms with van der Waals surface area (Å²) < 4.78 is 28.3. The Kier molecular flexibility index (Phi) is 5.07. The van der Waals surface area contributed by atoms with Gasteiger partial charge in [0.05, 0.1) is 24.0 Å². The predicted octanol–water partition coefficient (Wildman–Crippen LogP) is 1.34. The number of hydrogen-bond acceptors (Lipinski definition) is 5. The Morgan fingerprint density at radius 1 is 1.42 bits per heavy atom. The number of nitrogens with zero attached hydrogens (tertiary/aromatic N) is 1. The van der Waals surface area contributed by atoms with E-state index in [1.807, 2.05) is 6.07 Å². The van der Waals surface area contributed by atoms with E-state index in [2.05, 4.69) is 4.74 Å². The molecule has 0 bridgehead atoms. The number of hydrogen-bond donors (Lipinski definition) is 0. The quantitative estimate of drug-likeness (QED) is 0.760. The van der Waals surface area contributed by atoms with E-state index in [0.717, 1.165) is 0 Å². The lowest BCUT2D eigenvalue weighted by molar-refractivity contribution is -0.139. The molecule has 0 heterocycles. The second-order valence-electron chi connectivity index (χ2n) is 4.09. The molecule has 0 fully saturated rings. The molecule has 5 nitrogen and oxygen atoms in total. The van der Waals surface area contributed by atoms with E-state index in [9.17, 15) is 13.2 Å².